The second kappa shape index (κ2) is 9.89. The van der Waals surface area contributed by atoms with Crippen LogP contribution in [0.25, 0.3) is 0 Å². The van der Waals surface area contributed by atoms with E-state index in [1.54, 1.807) is 0 Å². The third kappa shape index (κ3) is 5.36. The Kier molecular flexibility index (Phi) is 6.79. The highest BCUT2D eigenvalue weighted by atomic mass is 32.2. The molecule has 1 fully saturated rings. The number of anilines is 1. The van der Waals surface area contributed by atoms with Crippen molar-refractivity contribution in [3.63, 3.8) is 0 Å². The number of nitrogens with zero attached hydrogens (tertiary/aromatic N) is 3. The highest BCUT2D eigenvalue weighted by Crippen LogP contribution is 2.39. The quantitative estimate of drug-likeness (QED) is 0.541. The van der Waals surface area contributed by atoms with Gasteiger partial charge in [-0.05, 0) is 30.4 Å². The van der Waals surface area contributed by atoms with Crippen LogP contribution in [0.4, 0.5) is 5.13 Å². The topological polar surface area (TPSA) is 58.1 Å². The molecule has 4 rings (SSSR count). The average Bonchev–Trinajstić information content (AvgIpc) is 3.25. The zero-order valence-corrected chi connectivity index (χ0v) is 17.8. The Morgan fingerprint density at radius 1 is 1.00 bits per heavy atom. The molecule has 5 nitrogen and oxygen atoms in total. The Balaban J connectivity index is 1.46. The van der Waals surface area contributed by atoms with Crippen LogP contribution in [0, 0.1) is 0 Å². The summed E-state index contributed by atoms with van der Waals surface area (Å²) in [7, 11) is 0. The van der Waals surface area contributed by atoms with Gasteiger partial charge in [0.15, 0.2) is 4.34 Å². The highest BCUT2D eigenvalue weighted by Gasteiger charge is 2.29. The minimum absolute atomic E-state index is 0.176. The maximum absolute atomic E-state index is 13.3. The number of likely N-dealkylation sites (tertiary alicyclic amines) is 1. The van der Waals surface area contributed by atoms with Crippen molar-refractivity contribution >= 4 is 34.1 Å². The van der Waals surface area contributed by atoms with Gasteiger partial charge in [0.05, 0.1) is 0 Å². The summed E-state index contributed by atoms with van der Waals surface area (Å²) in [6.45, 7) is 2.40. The van der Waals surface area contributed by atoms with Gasteiger partial charge in [0, 0.05) is 19.6 Å². The number of thioether (sulfide) groups is 1. The summed E-state index contributed by atoms with van der Waals surface area (Å²) in [6.07, 6.45) is 3.38. The molecular weight excluding hydrogens is 400 g/mol. The predicted octanol–water partition coefficient (Wildman–Crippen LogP) is 5.00. The number of nitrogens with one attached hydrogen (secondary N) is 1. The SMILES string of the molecule is O=C([C@@H](Sc1nnc(NCc2ccccc2)s1)c1ccccc1)N1CCCCC1. The summed E-state index contributed by atoms with van der Waals surface area (Å²) >= 11 is 3.00. The molecule has 1 aliphatic rings. The lowest BCUT2D eigenvalue weighted by atomic mass is 10.1. The van der Waals surface area contributed by atoms with Gasteiger partial charge in [-0.2, -0.15) is 0 Å². The van der Waals surface area contributed by atoms with Gasteiger partial charge in [0.1, 0.15) is 5.25 Å². The number of hydrogen-bond donors (Lipinski definition) is 1. The molecule has 0 radical (unpaired) electrons. The summed E-state index contributed by atoms with van der Waals surface area (Å²) in [4.78, 5) is 15.3. The Bertz CT molecular complexity index is 911. The molecule has 1 saturated heterocycles. The third-order valence-corrected chi connectivity index (χ3v) is 7.11. The van der Waals surface area contributed by atoms with E-state index in [0.717, 1.165) is 41.0 Å². The first-order valence-corrected chi connectivity index (χ1v) is 11.6. The minimum Gasteiger partial charge on any atom is -0.356 e. The number of aromatic nitrogens is 2. The molecule has 0 spiro atoms. The monoisotopic (exact) mass is 424 g/mol. The van der Waals surface area contributed by atoms with Gasteiger partial charge >= 0.3 is 0 Å². The Labute approximate surface area is 179 Å². The first-order valence-electron chi connectivity index (χ1n) is 9.91. The van der Waals surface area contributed by atoms with Crippen LogP contribution in [0.2, 0.25) is 0 Å². The van der Waals surface area contributed by atoms with Gasteiger partial charge in [-0.3, -0.25) is 4.79 Å². The van der Waals surface area contributed by atoms with Crippen molar-refractivity contribution in [1.29, 1.82) is 0 Å². The van der Waals surface area contributed by atoms with Gasteiger partial charge in [-0.15, -0.1) is 10.2 Å². The smallest absolute Gasteiger partial charge is 0.240 e. The van der Waals surface area contributed by atoms with Crippen LogP contribution < -0.4 is 5.32 Å². The Morgan fingerprint density at radius 2 is 1.69 bits per heavy atom. The van der Waals surface area contributed by atoms with E-state index in [9.17, 15) is 4.79 Å². The normalized spacial score (nSPS) is 15.1. The molecule has 1 aromatic heterocycles. The molecule has 7 heteroatoms. The standard InChI is InChI=1S/C22H24N4OS2/c27-20(26-14-8-3-9-15-26)19(18-12-6-2-7-13-18)28-22-25-24-21(29-22)23-16-17-10-4-1-5-11-17/h1-2,4-7,10-13,19H,3,8-9,14-16H2,(H,23,24)/t19-/m0/s1. The molecule has 0 bridgehead atoms. The highest BCUT2D eigenvalue weighted by molar-refractivity contribution is 8.01. The first-order chi connectivity index (χ1) is 14.3. The predicted molar refractivity (Wildman–Crippen MR) is 119 cm³/mol. The van der Waals surface area contributed by atoms with Crippen LogP contribution in [0.15, 0.2) is 65.0 Å². The van der Waals surface area contributed by atoms with E-state index in [2.05, 4.69) is 27.6 Å². The van der Waals surface area contributed by atoms with Crippen LogP contribution in [-0.2, 0) is 11.3 Å². The molecule has 0 saturated carbocycles. The summed E-state index contributed by atoms with van der Waals surface area (Å²) < 4.78 is 0.805. The number of benzene rings is 2. The summed E-state index contributed by atoms with van der Waals surface area (Å²) in [5, 5.41) is 12.4. The molecule has 150 valence electrons. The van der Waals surface area contributed by atoms with E-state index < -0.39 is 0 Å². The van der Waals surface area contributed by atoms with Crippen molar-refractivity contribution in [2.75, 3.05) is 18.4 Å². The lowest BCUT2D eigenvalue weighted by molar-refractivity contribution is -0.131. The second-order valence-corrected chi connectivity index (χ2v) is 9.34. The fourth-order valence-corrected chi connectivity index (χ4v) is 5.40. The van der Waals surface area contributed by atoms with Gasteiger partial charge in [0.2, 0.25) is 11.0 Å². The minimum atomic E-state index is -0.288. The molecule has 0 aliphatic carbocycles. The lowest BCUT2D eigenvalue weighted by Gasteiger charge is -2.30. The van der Waals surface area contributed by atoms with E-state index in [-0.39, 0.29) is 11.2 Å². The van der Waals surface area contributed by atoms with E-state index >= 15 is 0 Å². The summed E-state index contributed by atoms with van der Waals surface area (Å²) in [6, 6.07) is 20.2. The fraction of sp³-hybridized carbons (Fsp3) is 0.318. The number of amides is 1. The lowest BCUT2D eigenvalue weighted by Crippen LogP contribution is -2.38. The van der Waals surface area contributed by atoms with Gasteiger partial charge in [-0.1, -0.05) is 83.8 Å². The second-order valence-electron chi connectivity index (χ2n) is 7.01. The number of piperidine rings is 1. The molecule has 2 heterocycles. The number of carbonyl (C=O) groups is 1. The molecule has 29 heavy (non-hydrogen) atoms. The summed E-state index contributed by atoms with van der Waals surface area (Å²) in [5.74, 6) is 0.176. The van der Waals surface area contributed by atoms with Gasteiger partial charge in [0.25, 0.3) is 0 Å². The van der Waals surface area contributed by atoms with Crippen molar-refractivity contribution in [2.45, 2.75) is 35.4 Å². The number of hydrogen-bond acceptors (Lipinski definition) is 6. The molecule has 1 atom stereocenters. The molecule has 1 amide bonds. The molecule has 1 aliphatic heterocycles. The maximum Gasteiger partial charge on any atom is 0.240 e. The largest absolute Gasteiger partial charge is 0.356 e. The maximum atomic E-state index is 13.3. The van der Waals surface area contributed by atoms with E-state index in [4.69, 9.17) is 0 Å². The average molecular weight is 425 g/mol. The van der Waals surface area contributed by atoms with Crippen LogP contribution in [-0.4, -0.2) is 34.1 Å². The van der Waals surface area contributed by atoms with Crippen molar-refractivity contribution in [3.05, 3.63) is 71.8 Å². The van der Waals surface area contributed by atoms with Crippen molar-refractivity contribution in [2.24, 2.45) is 0 Å². The third-order valence-electron chi connectivity index (χ3n) is 4.91. The molecule has 0 unspecified atom stereocenters. The van der Waals surface area contributed by atoms with Crippen LogP contribution in [0.1, 0.15) is 35.6 Å². The Morgan fingerprint density at radius 3 is 2.41 bits per heavy atom. The van der Waals surface area contributed by atoms with Gasteiger partial charge in [-0.25, -0.2) is 0 Å². The van der Waals surface area contributed by atoms with Crippen LogP contribution >= 0.6 is 23.1 Å². The van der Waals surface area contributed by atoms with Crippen molar-refractivity contribution in [1.82, 2.24) is 15.1 Å². The molecule has 2 aromatic carbocycles. The van der Waals surface area contributed by atoms with Crippen LogP contribution in [0.5, 0.6) is 0 Å². The number of rotatable bonds is 7. The molecule has 3 aromatic rings. The van der Waals surface area contributed by atoms with E-state index in [0.29, 0.717) is 6.54 Å². The summed E-state index contributed by atoms with van der Waals surface area (Å²) in [5.41, 5.74) is 2.21. The first kappa shape index (κ1) is 19.9. The zero-order valence-electron chi connectivity index (χ0n) is 16.2. The van der Waals surface area contributed by atoms with E-state index in [1.807, 2.05) is 53.4 Å². The molecule has 1 N–H and O–H groups in total. The molecular formula is C22H24N4OS2. The van der Waals surface area contributed by atoms with E-state index in [1.165, 1.54) is 35.1 Å². The van der Waals surface area contributed by atoms with Gasteiger partial charge < -0.3 is 10.2 Å². The zero-order chi connectivity index (χ0) is 19.9. The fourth-order valence-electron chi connectivity index (χ4n) is 3.37. The van der Waals surface area contributed by atoms with Crippen molar-refractivity contribution < 1.29 is 4.79 Å². The number of carbonyl (C=O) groups excluding carboxylic acids is 1. The van der Waals surface area contributed by atoms with Crippen LogP contribution in [0.3, 0.4) is 0 Å². The Hall–Kier alpha value is -2.38. The van der Waals surface area contributed by atoms with Crippen molar-refractivity contribution in [3.8, 4) is 0 Å².